The van der Waals surface area contributed by atoms with Crippen LogP contribution in [0.15, 0.2) is 33.9 Å². The van der Waals surface area contributed by atoms with Gasteiger partial charge in [-0.25, -0.2) is 12.8 Å². The van der Waals surface area contributed by atoms with Crippen LogP contribution in [-0.4, -0.2) is 24.9 Å². The van der Waals surface area contributed by atoms with Crippen LogP contribution < -0.4 is 0 Å². The van der Waals surface area contributed by atoms with Crippen molar-refractivity contribution in [2.45, 2.75) is 18.0 Å². The maximum atomic E-state index is 14.2. The number of nitrogens with zero attached hydrogens (tertiary/aromatic N) is 1. The highest BCUT2D eigenvalue weighted by molar-refractivity contribution is 7.89. The lowest BCUT2D eigenvalue weighted by Crippen LogP contribution is -2.27. The van der Waals surface area contributed by atoms with Gasteiger partial charge in [-0.15, -0.1) is 0 Å². The number of hydrogen-bond acceptors (Lipinski definition) is 4. The van der Waals surface area contributed by atoms with E-state index in [1.807, 2.05) is 10.8 Å². The van der Waals surface area contributed by atoms with E-state index in [1.54, 1.807) is 6.07 Å². The molecule has 0 unspecified atom stereocenters. The summed E-state index contributed by atoms with van der Waals surface area (Å²) in [6.07, 6.45) is 0. The SMILES string of the molecule is CN(Cc1ccsc1)S(=O)(=O)c1cc(Cl)cc(CO)c1F. The summed E-state index contributed by atoms with van der Waals surface area (Å²) in [6.45, 7) is -0.491. The minimum absolute atomic E-state index is 0.0583. The molecule has 0 radical (unpaired) electrons. The number of benzene rings is 1. The number of thiophene rings is 1. The normalized spacial score (nSPS) is 12.0. The summed E-state index contributed by atoms with van der Waals surface area (Å²) in [6, 6.07) is 4.05. The summed E-state index contributed by atoms with van der Waals surface area (Å²) < 4.78 is 40.1. The fraction of sp³-hybridized carbons (Fsp3) is 0.231. The molecule has 4 nitrogen and oxygen atoms in total. The Kier molecular flexibility index (Phi) is 5.00. The fourth-order valence-electron chi connectivity index (χ4n) is 1.81. The van der Waals surface area contributed by atoms with Gasteiger partial charge in [0.1, 0.15) is 10.7 Å². The zero-order chi connectivity index (χ0) is 15.6. The molecule has 1 aromatic carbocycles. The van der Waals surface area contributed by atoms with Crippen molar-refractivity contribution in [1.29, 1.82) is 0 Å². The van der Waals surface area contributed by atoms with E-state index in [2.05, 4.69) is 0 Å². The van der Waals surface area contributed by atoms with Gasteiger partial charge in [0.25, 0.3) is 0 Å². The van der Waals surface area contributed by atoms with E-state index in [-0.39, 0.29) is 17.1 Å². The Labute approximate surface area is 131 Å². The molecule has 0 saturated carbocycles. The third-order valence-corrected chi connectivity index (χ3v) is 5.68. The van der Waals surface area contributed by atoms with Crippen LogP contribution in [0.5, 0.6) is 0 Å². The molecular formula is C13H13ClFNO3S2. The standard InChI is InChI=1S/C13H13ClFNO3S2/c1-16(6-9-2-3-20-8-9)21(18,19)12-5-11(14)4-10(7-17)13(12)15/h2-5,8,17H,6-7H2,1H3. The second-order valence-electron chi connectivity index (χ2n) is 4.43. The van der Waals surface area contributed by atoms with Gasteiger partial charge < -0.3 is 5.11 Å². The molecule has 0 spiro atoms. The van der Waals surface area contributed by atoms with Crippen molar-refractivity contribution >= 4 is 33.0 Å². The minimum atomic E-state index is -4.03. The quantitative estimate of drug-likeness (QED) is 0.903. The number of halogens is 2. The average molecular weight is 350 g/mol. The molecule has 21 heavy (non-hydrogen) atoms. The van der Waals surface area contributed by atoms with Crippen LogP contribution >= 0.6 is 22.9 Å². The third kappa shape index (κ3) is 3.44. The smallest absolute Gasteiger partial charge is 0.246 e. The Hall–Kier alpha value is -0.990. The topological polar surface area (TPSA) is 57.6 Å². The fourth-order valence-corrected chi connectivity index (χ4v) is 4.07. The van der Waals surface area contributed by atoms with E-state index in [9.17, 15) is 12.8 Å². The first kappa shape index (κ1) is 16.4. The van der Waals surface area contributed by atoms with Gasteiger partial charge >= 0.3 is 0 Å². The Morgan fingerprint density at radius 2 is 2.14 bits per heavy atom. The highest BCUT2D eigenvalue weighted by atomic mass is 35.5. The molecule has 0 amide bonds. The molecule has 8 heteroatoms. The van der Waals surface area contributed by atoms with Gasteiger partial charge in [-0.05, 0) is 34.5 Å². The number of aliphatic hydroxyl groups excluding tert-OH is 1. The summed E-state index contributed by atoms with van der Waals surface area (Å²) in [4.78, 5) is -0.531. The first-order chi connectivity index (χ1) is 9.86. The molecule has 1 N–H and O–H groups in total. The zero-order valence-electron chi connectivity index (χ0n) is 11.1. The lowest BCUT2D eigenvalue weighted by atomic mass is 10.2. The summed E-state index contributed by atoms with van der Waals surface area (Å²) in [5.74, 6) is -0.973. The van der Waals surface area contributed by atoms with Crippen molar-refractivity contribution in [2.24, 2.45) is 0 Å². The molecule has 0 aliphatic carbocycles. The predicted octanol–water partition coefficient (Wildman–Crippen LogP) is 2.85. The first-order valence-corrected chi connectivity index (χ1v) is 8.68. The number of rotatable bonds is 5. The first-order valence-electron chi connectivity index (χ1n) is 5.92. The van der Waals surface area contributed by atoms with Gasteiger partial charge in [0.2, 0.25) is 10.0 Å². The highest BCUT2D eigenvalue weighted by Gasteiger charge is 2.26. The van der Waals surface area contributed by atoms with Crippen molar-refractivity contribution in [1.82, 2.24) is 4.31 Å². The molecule has 0 aliphatic rings. The Bertz CT molecular complexity index is 732. The van der Waals surface area contributed by atoms with Crippen molar-refractivity contribution in [3.8, 4) is 0 Å². The highest BCUT2D eigenvalue weighted by Crippen LogP contribution is 2.26. The molecule has 0 aliphatic heterocycles. The Morgan fingerprint density at radius 1 is 1.43 bits per heavy atom. The van der Waals surface area contributed by atoms with Crippen LogP contribution in [0.3, 0.4) is 0 Å². The Morgan fingerprint density at radius 3 is 2.71 bits per heavy atom. The monoisotopic (exact) mass is 349 g/mol. The van der Waals surface area contributed by atoms with Crippen LogP contribution in [0.1, 0.15) is 11.1 Å². The molecule has 0 bridgehead atoms. The number of hydrogen-bond donors (Lipinski definition) is 1. The second kappa shape index (κ2) is 6.41. The minimum Gasteiger partial charge on any atom is -0.392 e. The molecule has 2 rings (SSSR count). The molecule has 0 fully saturated rings. The summed E-state index contributed by atoms with van der Waals surface area (Å²) in [7, 11) is -2.67. The molecule has 114 valence electrons. The van der Waals surface area contributed by atoms with E-state index >= 15 is 0 Å². The molecule has 1 aromatic heterocycles. The maximum Gasteiger partial charge on any atom is 0.246 e. The van der Waals surface area contributed by atoms with Crippen molar-refractivity contribution < 1.29 is 17.9 Å². The van der Waals surface area contributed by atoms with Crippen molar-refractivity contribution in [3.63, 3.8) is 0 Å². The van der Waals surface area contributed by atoms with E-state index in [4.69, 9.17) is 16.7 Å². The zero-order valence-corrected chi connectivity index (χ0v) is 13.5. The molecule has 0 saturated heterocycles. The third-order valence-electron chi connectivity index (χ3n) is 2.92. The van der Waals surface area contributed by atoms with Crippen LogP contribution in [0.25, 0.3) is 0 Å². The Balaban J connectivity index is 2.41. The molecule has 1 heterocycles. The van der Waals surface area contributed by atoms with Crippen LogP contribution in [0, 0.1) is 5.82 Å². The van der Waals surface area contributed by atoms with Gasteiger partial charge in [-0.2, -0.15) is 15.6 Å². The van der Waals surface area contributed by atoms with Gasteiger partial charge in [-0.1, -0.05) is 11.6 Å². The van der Waals surface area contributed by atoms with Crippen LogP contribution in [0.4, 0.5) is 4.39 Å². The van der Waals surface area contributed by atoms with E-state index in [0.29, 0.717) is 0 Å². The number of aliphatic hydroxyl groups is 1. The van der Waals surface area contributed by atoms with E-state index < -0.39 is 27.3 Å². The van der Waals surface area contributed by atoms with Gasteiger partial charge in [0, 0.05) is 24.2 Å². The molecule has 0 atom stereocenters. The molecular weight excluding hydrogens is 337 g/mol. The van der Waals surface area contributed by atoms with Gasteiger partial charge in [0.05, 0.1) is 6.61 Å². The van der Waals surface area contributed by atoms with Gasteiger partial charge in [-0.3, -0.25) is 0 Å². The summed E-state index contributed by atoms with van der Waals surface area (Å²) >= 11 is 7.25. The second-order valence-corrected chi connectivity index (χ2v) is 7.66. The predicted molar refractivity (Wildman–Crippen MR) is 80.3 cm³/mol. The average Bonchev–Trinajstić information content (AvgIpc) is 2.93. The van der Waals surface area contributed by atoms with Crippen molar-refractivity contribution in [3.05, 3.63) is 50.9 Å². The number of sulfonamides is 1. The lowest BCUT2D eigenvalue weighted by molar-refractivity contribution is 0.274. The maximum absolute atomic E-state index is 14.2. The lowest BCUT2D eigenvalue weighted by Gasteiger charge is -2.18. The summed E-state index contributed by atoms with van der Waals surface area (Å²) in [5, 5.41) is 12.8. The van der Waals surface area contributed by atoms with E-state index in [1.165, 1.54) is 24.5 Å². The van der Waals surface area contributed by atoms with Crippen molar-refractivity contribution in [2.75, 3.05) is 7.05 Å². The van der Waals surface area contributed by atoms with Gasteiger partial charge in [0.15, 0.2) is 0 Å². The van der Waals surface area contributed by atoms with Crippen LogP contribution in [0.2, 0.25) is 5.02 Å². The molecule has 2 aromatic rings. The van der Waals surface area contributed by atoms with E-state index in [0.717, 1.165) is 15.9 Å². The largest absolute Gasteiger partial charge is 0.392 e. The van der Waals surface area contributed by atoms with Crippen LogP contribution in [-0.2, 0) is 23.2 Å². The summed E-state index contributed by atoms with van der Waals surface area (Å²) in [5.41, 5.74) is 0.668.